The quantitative estimate of drug-likeness (QED) is 0.725. The van der Waals surface area contributed by atoms with Crippen LogP contribution in [0.2, 0.25) is 0 Å². The van der Waals surface area contributed by atoms with Gasteiger partial charge in [0.1, 0.15) is 18.2 Å². The van der Waals surface area contributed by atoms with Crippen LogP contribution in [0.25, 0.3) is 0 Å². The van der Waals surface area contributed by atoms with Crippen LogP contribution in [-0.2, 0) is 4.79 Å². The molecule has 1 atom stereocenters. The van der Waals surface area contributed by atoms with Gasteiger partial charge in [0.2, 0.25) is 5.88 Å². The van der Waals surface area contributed by atoms with Gasteiger partial charge in [-0.15, -0.1) is 0 Å². The van der Waals surface area contributed by atoms with Crippen molar-refractivity contribution in [1.29, 1.82) is 0 Å². The van der Waals surface area contributed by atoms with E-state index >= 15 is 0 Å². The Morgan fingerprint density at radius 2 is 2.12 bits per heavy atom. The molecule has 1 saturated heterocycles. The lowest BCUT2D eigenvalue weighted by Gasteiger charge is -2.17. The van der Waals surface area contributed by atoms with Crippen molar-refractivity contribution < 1.29 is 19.4 Å². The second-order valence-corrected chi connectivity index (χ2v) is 5.89. The number of aromatic nitrogens is 2. The van der Waals surface area contributed by atoms with Gasteiger partial charge in [-0.3, -0.25) is 9.78 Å². The predicted molar refractivity (Wildman–Crippen MR) is 95.2 cm³/mol. The topological polar surface area (TPSA) is 96.8 Å². The molecule has 2 heterocycles. The molecule has 2 N–H and O–H groups in total. The molecule has 0 bridgehead atoms. The minimum absolute atomic E-state index is 0.0288. The maximum absolute atomic E-state index is 12.3. The smallest absolute Gasteiger partial charge is 0.260 e. The molecule has 3 rings (SSSR count). The minimum atomic E-state index is -0.0793. The van der Waals surface area contributed by atoms with Crippen LogP contribution in [-0.4, -0.2) is 64.8 Å². The number of likely N-dealkylation sites (tertiary alicyclic amines) is 1. The first-order chi connectivity index (χ1) is 12.7. The summed E-state index contributed by atoms with van der Waals surface area (Å²) in [5, 5.41) is 12.1. The van der Waals surface area contributed by atoms with E-state index in [1.807, 2.05) is 30.3 Å². The number of nitrogens with zero attached hydrogens (tertiary/aromatic N) is 3. The first-order valence-corrected chi connectivity index (χ1v) is 8.52. The summed E-state index contributed by atoms with van der Waals surface area (Å²) >= 11 is 0. The number of nitrogens with one attached hydrogen (secondary N) is 1. The molecule has 8 heteroatoms. The van der Waals surface area contributed by atoms with E-state index in [-0.39, 0.29) is 31.8 Å². The van der Waals surface area contributed by atoms with E-state index in [1.54, 1.807) is 11.1 Å². The van der Waals surface area contributed by atoms with Crippen molar-refractivity contribution in [3.05, 3.63) is 42.7 Å². The molecule has 1 amide bonds. The first kappa shape index (κ1) is 17.9. The maximum atomic E-state index is 12.3. The summed E-state index contributed by atoms with van der Waals surface area (Å²) in [6.45, 7) is 1.37. The third-order valence-electron chi connectivity index (χ3n) is 3.95. The molecular formula is C18H22N4O4. The fourth-order valence-corrected chi connectivity index (χ4v) is 2.70. The van der Waals surface area contributed by atoms with E-state index in [0.29, 0.717) is 30.5 Å². The molecule has 1 aromatic carbocycles. The Kier molecular flexibility index (Phi) is 6.21. The Labute approximate surface area is 151 Å². The number of aliphatic hydroxyl groups excluding tert-OH is 1. The monoisotopic (exact) mass is 358 g/mol. The number of aliphatic hydroxyl groups is 1. The normalized spacial score (nSPS) is 16.3. The minimum Gasteiger partial charge on any atom is -0.484 e. The summed E-state index contributed by atoms with van der Waals surface area (Å²) in [5.41, 5.74) is 0. The lowest BCUT2D eigenvalue weighted by Crippen LogP contribution is -2.35. The molecule has 1 aliphatic rings. The van der Waals surface area contributed by atoms with Crippen molar-refractivity contribution in [1.82, 2.24) is 14.9 Å². The van der Waals surface area contributed by atoms with Crippen molar-refractivity contribution >= 4 is 11.7 Å². The van der Waals surface area contributed by atoms with Crippen molar-refractivity contribution in [3.8, 4) is 11.6 Å². The molecule has 0 radical (unpaired) electrons. The molecule has 2 aromatic rings. The lowest BCUT2D eigenvalue weighted by atomic mass is 10.3. The number of amides is 1. The Morgan fingerprint density at radius 1 is 1.27 bits per heavy atom. The highest BCUT2D eigenvalue weighted by atomic mass is 16.5. The number of para-hydroxylation sites is 1. The van der Waals surface area contributed by atoms with Gasteiger partial charge in [-0.1, -0.05) is 18.2 Å². The average Bonchev–Trinajstić information content (AvgIpc) is 3.14. The molecule has 0 spiro atoms. The van der Waals surface area contributed by atoms with Crippen LogP contribution in [0, 0.1) is 0 Å². The van der Waals surface area contributed by atoms with Gasteiger partial charge in [-0.2, -0.15) is 4.98 Å². The van der Waals surface area contributed by atoms with Gasteiger partial charge >= 0.3 is 0 Å². The van der Waals surface area contributed by atoms with Crippen molar-refractivity contribution in [2.75, 3.05) is 38.2 Å². The third kappa shape index (κ3) is 5.06. The molecule has 1 aliphatic heterocycles. The van der Waals surface area contributed by atoms with Crippen LogP contribution >= 0.6 is 0 Å². The van der Waals surface area contributed by atoms with E-state index in [0.717, 1.165) is 6.42 Å². The number of anilines is 1. The van der Waals surface area contributed by atoms with Crippen LogP contribution in [0.1, 0.15) is 6.42 Å². The van der Waals surface area contributed by atoms with Gasteiger partial charge in [0.15, 0.2) is 6.61 Å². The van der Waals surface area contributed by atoms with Gasteiger partial charge in [-0.25, -0.2) is 0 Å². The average molecular weight is 358 g/mol. The van der Waals surface area contributed by atoms with E-state index in [2.05, 4.69) is 15.3 Å². The third-order valence-corrected chi connectivity index (χ3v) is 3.95. The Bertz CT molecular complexity index is 713. The van der Waals surface area contributed by atoms with Crippen LogP contribution in [0.3, 0.4) is 0 Å². The molecule has 8 nitrogen and oxygen atoms in total. The van der Waals surface area contributed by atoms with Crippen LogP contribution in [0.15, 0.2) is 42.7 Å². The van der Waals surface area contributed by atoms with Crippen LogP contribution < -0.4 is 14.8 Å². The van der Waals surface area contributed by atoms with Gasteiger partial charge in [0.05, 0.1) is 19.0 Å². The summed E-state index contributed by atoms with van der Waals surface area (Å²) in [6, 6.07) is 9.39. The SMILES string of the molecule is O=C(COc1ccccc1)N1CCC(Nc2cncc(OCCO)n2)C1. The summed E-state index contributed by atoms with van der Waals surface area (Å²) in [4.78, 5) is 22.4. The number of carbonyl (C=O) groups is 1. The lowest BCUT2D eigenvalue weighted by molar-refractivity contribution is -0.132. The van der Waals surface area contributed by atoms with E-state index in [9.17, 15) is 4.79 Å². The van der Waals surface area contributed by atoms with Crippen LogP contribution in [0.5, 0.6) is 11.6 Å². The fraction of sp³-hybridized carbons (Fsp3) is 0.389. The van der Waals surface area contributed by atoms with Crippen molar-refractivity contribution in [2.45, 2.75) is 12.5 Å². The highest BCUT2D eigenvalue weighted by Crippen LogP contribution is 2.16. The van der Waals surface area contributed by atoms with E-state index in [1.165, 1.54) is 6.20 Å². The standard InChI is InChI=1S/C18H22N4O4/c23-8-9-25-17-11-19-10-16(21-17)20-14-6-7-22(12-14)18(24)13-26-15-4-2-1-3-5-15/h1-5,10-11,14,23H,6-9,12-13H2,(H,20,21). The van der Waals surface area contributed by atoms with Crippen molar-refractivity contribution in [2.24, 2.45) is 0 Å². The van der Waals surface area contributed by atoms with Crippen LogP contribution in [0.4, 0.5) is 5.82 Å². The molecule has 0 aliphatic carbocycles. The van der Waals surface area contributed by atoms with Crippen molar-refractivity contribution in [3.63, 3.8) is 0 Å². The first-order valence-electron chi connectivity index (χ1n) is 8.52. The second kappa shape index (κ2) is 9.00. The number of carbonyl (C=O) groups excluding carboxylic acids is 1. The molecule has 0 saturated carbocycles. The maximum Gasteiger partial charge on any atom is 0.260 e. The molecule has 26 heavy (non-hydrogen) atoms. The zero-order chi connectivity index (χ0) is 18.2. The number of hydrogen-bond donors (Lipinski definition) is 2. The molecule has 1 aromatic heterocycles. The molecular weight excluding hydrogens is 336 g/mol. The zero-order valence-electron chi connectivity index (χ0n) is 14.4. The largest absolute Gasteiger partial charge is 0.484 e. The van der Waals surface area contributed by atoms with E-state index < -0.39 is 0 Å². The number of ether oxygens (including phenoxy) is 2. The Morgan fingerprint density at radius 3 is 2.92 bits per heavy atom. The number of benzene rings is 1. The highest BCUT2D eigenvalue weighted by Gasteiger charge is 2.26. The fourth-order valence-electron chi connectivity index (χ4n) is 2.70. The van der Waals surface area contributed by atoms with Gasteiger partial charge < -0.3 is 24.8 Å². The molecule has 1 fully saturated rings. The second-order valence-electron chi connectivity index (χ2n) is 5.89. The van der Waals surface area contributed by atoms with Gasteiger partial charge in [-0.05, 0) is 18.6 Å². The summed E-state index contributed by atoms with van der Waals surface area (Å²) in [5.74, 6) is 1.58. The number of rotatable bonds is 8. The highest BCUT2D eigenvalue weighted by molar-refractivity contribution is 5.78. The summed E-state index contributed by atoms with van der Waals surface area (Å²) < 4.78 is 10.8. The zero-order valence-corrected chi connectivity index (χ0v) is 14.4. The summed E-state index contributed by atoms with van der Waals surface area (Å²) in [7, 11) is 0. The summed E-state index contributed by atoms with van der Waals surface area (Å²) in [6.07, 6.45) is 3.92. The van der Waals surface area contributed by atoms with E-state index in [4.69, 9.17) is 14.6 Å². The Hall–Kier alpha value is -2.87. The van der Waals surface area contributed by atoms with Gasteiger partial charge in [0, 0.05) is 19.1 Å². The number of hydrogen-bond acceptors (Lipinski definition) is 7. The Balaban J connectivity index is 1.47. The predicted octanol–water partition coefficient (Wildman–Crippen LogP) is 0.939. The molecule has 138 valence electrons. The van der Waals surface area contributed by atoms with Gasteiger partial charge in [0.25, 0.3) is 5.91 Å². The molecule has 1 unspecified atom stereocenters.